The fourth-order valence-electron chi connectivity index (χ4n) is 4.15. The fourth-order valence-corrected chi connectivity index (χ4v) is 4.25. The minimum absolute atomic E-state index is 0.0878. The summed E-state index contributed by atoms with van der Waals surface area (Å²) in [7, 11) is 0. The summed E-state index contributed by atoms with van der Waals surface area (Å²) in [6, 6.07) is 6.02. The highest BCUT2D eigenvalue weighted by Gasteiger charge is 2.48. The number of ether oxygens (including phenoxy) is 1. The van der Waals surface area contributed by atoms with E-state index in [1.54, 1.807) is 24.3 Å². The number of amides is 2. The lowest BCUT2D eigenvalue weighted by molar-refractivity contribution is -0.345. The van der Waals surface area contributed by atoms with Crippen molar-refractivity contribution in [2.24, 2.45) is 0 Å². The summed E-state index contributed by atoms with van der Waals surface area (Å²) in [4.78, 5) is 35.5. The number of halogens is 5. The summed E-state index contributed by atoms with van der Waals surface area (Å²) in [6.45, 7) is 3.24. The second kappa shape index (κ2) is 10.9. The fraction of sp³-hybridized carbons (Fsp3) is 0.478. The van der Waals surface area contributed by atoms with Crippen LogP contribution in [0.4, 0.5) is 23.2 Å². The highest BCUT2D eigenvalue weighted by Crippen LogP contribution is 2.36. The maximum Gasteiger partial charge on any atom is 0.522 e. The van der Waals surface area contributed by atoms with Gasteiger partial charge in [-0.25, -0.2) is 14.4 Å². The molecule has 1 aromatic heterocycles. The molecule has 3 rings (SSSR count). The Hall–Kier alpha value is -2.79. The molecule has 2 aromatic rings. The molecular formula is C23H25ClF4N4O3. The number of hydrogen-bond donors (Lipinski definition) is 1. The molecule has 0 spiro atoms. The second-order valence-corrected chi connectivity index (χ2v) is 8.90. The minimum Gasteiger partial charge on any atom is -0.351 e. The van der Waals surface area contributed by atoms with E-state index in [0.717, 1.165) is 10.5 Å². The van der Waals surface area contributed by atoms with Gasteiger partial charge in [0.1, 0.15) is 6.33 Å². The van der Waals surface area contributed by atoms with Gasteiger partial charge < -0.3 is 5.32 Å². The van der Waals surface area contributed by atoms with Gasteiger partial charge >= 0.3 is 6.36 Å². The molecule has 1 aliphatic carbocycles. The van der Waals surface area contributed by atoms with Crippen molar-refractivity contribution in [3.8, 4) is 0 Å². The zero-order valence-electron chi connectivity index (χ0n) is 19.1. The number of alkyl halides is 5. The van der Waals surface area contributed by atoms with Crippen LogP contribution in [0, 0.1) is 6.92 Å². The molecule has 1 heterocycles. The van der Waals surface area contributed by atoms with Gasteiger partial charge in [-0.15, -0.1) is 13.2 Å². The van der Waals surface area contributed by atoms with Gasteiger partial charge in [0.2, 0.25) is 0 Å². The highest BCUT2D eigenvalue weighted by atomic mass is 35.5. The first kappa shape index (κ1) is 26.8. The van der Waals surface area contributed by atoms with Gasteiger partial charge in [-0.2, -0.15) is 0 Å². The van der Waals surface area contributed by atoms with Crippen LogP contribution >= 0.6 is 11.6 Å². The van der Waals surface area contributed by atoms with E-state index in [1.165, 1.54) is 25.6 Å². The zero-order chi connectivity index (χ0) is 25.8. The van der Waals surface area contributed by atoms with Crippen LogP contribution in [0.3, 0.4) is 0 Å². The van der Waals surface area contributed by atoms with Crippen LogP contribution < -0.4 is 10.2 Å². The van der Waals surface area contributed by atoms with Crippen molar-refractivity contribution in [2.75, 3.05) is 4.90 Å². The van der Waals surface area contributed by atoms with Gasteiger partial charge in [-0.1, -0.05) is 29.3 Å². The van der Waals surface area contributed by atoms with Crippen LogP contribution in [-0.4, -0.2) is 45.9 Å². The van der Waals surface area contributed by atoms with Crippen molar-refractivity contribution in [1.82, 2.24) is 15.3 Å². The molecule has 0 bridgehead atoms. The number of aryl methyl sites for hydroxylation is 1. The molecule has 35 heavy (non-hydrogen) atoms. The average molecular weight is 517 g/mol. The van der Waals surface area contributed by atoms with E-state index in [2.05, 4.69) is 20.0 Å². The third-order valence-electron chi connectivity index (χ3n) is 6.02. The minimum atomic E-state index is -4.73. The van der Waals surface area contributed by atoms with Crippen LogP contribution in [0.1, 0.15) is 43.7 Å². The predicted molar refractivity (Wildman–Crippen MR) is 120 cm³/mol. The van der Waals surface area contributed by atoms with E-state index in [0.29, 0.717) is 0 Å². The molecule has 1 aromatic carbocycles. The molecule has 0 aliphatic heterocycles. The highest BCUT2D eigenvalue weighted by molar-refractivity contribution is 6.32. The van der Waals surface area contributed by atoms with Crippen LogP contribution in [0.2, 0.25) is 0 Å². The standard InChI is InChI=1S/C23H25ClF4N4O3/c1-14-3-7-17(8-4-14)32(20(33)19(24)25)22(2,15-11-29-13-30-12-15)21(34)31-16-5-9-18(10-6-16)35-23(26,27)28/h3-4,7-8,11-13,16,18-19H,5-6,9-10H2,1-2H3,(H,31,34)/t16?,18?,19-,22-/m0/s1. The smallest absolute Gasteiger partial charge is 0.351 e. The Bertz CT molecular complexity index is 1020. The lowest BCUT2D eigenvalue weighted by Crippen LogP contribution is -2.60. The Morgan fingerprint density at radius 2 is 1.69 bits per heavy atom. The van der Waals surface area contributed by atoms with Crippen molar-refractivity contribution in [3.05, 3.63) is 54.1 Å². The van der Waals surface area contributed by atoms with Crippen LogP contribution in [0.25, 0.3) is 0 Å². The third kappa shape index (κ3) is 6.46. The maximum atomic E-state index is 14.2. The number of nitrogens with one attached hydrogen (secondary N) is 1. The summed E-state index contributed by atoms with van der Waals surface area (Å²) in [6.07, 6.45) is -1.19. The zero-order valence-corrected chi connectivity index (χ0v) is 19.8. The largest absolute Gasteiger partial charge is 0.522 e. The van der Waals surface area contributed by atoms with Crippen molar-refractivity contribution in [1.29, 1.82) is 0 Å². The van der Waals surface area contributed by atoms with Gasteiger partial charge in [-0.05, 0) is 51.7 Å². The molecule has 2 atom stereocenters. The number of rotatable bonds is 7. The quantitative estimate of drug-likeness (QED) is 0.432. The summed E-state index contributed by atoms with van der Waals surface area (Å²) in [5.74, 6) is -1.85. The molecule has 190 valence electrons. The lowest BCUT2D eigenvalue weighted by Gasteiger charge is -2.41. The van der Waals surface area contributed by atoms with Gasteiger partial charge in [0.15, 0.2) is 5.54 Å². The van der Waals surface area contributed by atoms with Crippen molar-refractivity contribution < 1.29 is 31.9 Å². The van der Waals surface area contributed by atoms with Crippen LogP contribution in [0.5, 0.6) is 0 Å². The van der Waals surface area contributed by atoms with E-state index in [4.69, 9.17) is 11.6 Å². The van der Waals surface area contributed by atoms with E-state index >= 15 is 0 Å². The second-order valence-electron chi connectivity index (χ2n) is 8.52. The molecule has 0 saturated heterocycles. The molecule has 1 aliphatic rings. The third-order valence-corrected chi connectivity index (χ3v) is 6.21. The van der Waals surface area contributed by atoms with Crippen LogP contribution in [0.15, 0.2) is 43.0 Å². The number of benzene rings is 1. The topological polar surface area (TPSA) is 84.4 Å². The van der Waals surface area contributed by atoms with E-state index in [-0.39, 0.29) is 36.9 Å². The van der Waals surface area contributed by atoms with E-state index in [9.17, 15) is 27.2 Å². The van der Waals surface area contributed by atoms with Crippen molar-refractivity contribution >= 4 is 29.1 Å². The monoisotopic (exact) mass is 516 g/mol. The summed E-state index contributed by atoms with van der Waals surface area (Å²) in [5, 5.41) is 2.81. The Labute approximate surface area is 204 Å². The summed E-state index contributed by atoms with van der Waals surface area (Å²) >= 11 is 5.54. The number of anilines is 1. The predicted octanol–water partition coefficient (Wildman–Crippen LogP) is 4.53. The molecule has 1 saturated carbocycles. The van der Waals surface area contributed by atoms with Crippen LogP contribution in [-0.2, 0) is 19.9 Å². The Morgan fingerprint density at radius 3 is 2.20 bits per heavy atom. The van der Waals surface area contributed by atoms with Crippen molar-refractivity contribution in [2.45, 2.75) is 69.2 Å². The molecule has 12 heteroatoms. The number of carbonyl (C=O) groups is 2. The van der Waals surface area contributed by atoms with Gasteiger partial charge in [-0.3, -0.25) is 19.2 Å². The van der Waals surface area contributed by atoms with Crippen molar-refractivity contribution in [3.63, 3.8) is 0 Å². The SMILES string of the molecule is Cc1ccc(N(C(=O)[C@H](F)Cl)[C@](C)(C(=O)NC2CCC(OC(F)(F)F)CC2)c2cncnc2)cc1. The first-order chi connectivity index (χ1) is 16.4. The Balaban J connectivity index is 1.93. The molecule has 1 N–H and O–H groups in total. The van der Waals surface area contributed by atoms with E-state index < -0.39 is 41.5 Å². The molecule has 0 unspecified atom stereocenters. The number of hydrogen-bond acceptors (Lipinski definition) is 5. The summed E-state index contributed by atoms with van der Waals surface area (Å²) in [5.41, 5.74) is -2.99. The maximum absolute atomic E-state index is 14.2. The van der Waals surface area contributed by atoms with Gasteiger partial charge in [0.05, 0.1) is 6.10 Å². The number of nitrogens with zero attached hydrogens (tertiary/aromatic N) is 3. The average Bonchev–Trinajstić information content (AvgIpc) is 2.81. The molecular weight excluding hydrogens is 492 g/mol. The number of carbonyl (C=O) groups excluding carboxylic acids is 2. The lowest BCUT2D eigenvalue weighted by atomic mass is 9.87. The first-order valence-electron chi connectivity index (χ1n) is 10.9. The molecule has 2 amide bonds. The number of aromatic nitrogens is 2. The van der Waals surface area contributed by atoms with Gasteiger partial charge in [0.25, 0.3) is 17.4 Å². The Kier molecular flexibility index (Phi) is 8.32. The van der Waals surface area contributed by atoms with Gasteiger partial charge in [0, 0.05) is 29.7 Å². The normalized spacial score (nSPS) is 21.0. The molecule has 0 radical (unpaired) electrons. The summed E-state index contributed by atoms with van der Waals surface area (Å²) < 4.78 is 55.8. The molecule has 1 fully saturated rings. The Morgan fingerprint density at radius 1 is 1.11 bits per heavy atom. The first-order valence-corrected chi connectivity index (χ1v) is 11.4. The van der Waals surface area contributed by atoms with E-state index in [1.807, 2.05) is 6.92 Å². The molecule has 7 nitrogen and oxygen atoms in total.